The van der Waals surface area contributed by atoms with Gasteiger partial charge in [0.15, 0.2) is 0 Å². The van der Waals surface area contributed by atoms with Crippen LogP contribution in [0.2, 0.25) is 0 Å². The van der Waals surface area contributed by atoms with Crippen molar-refractivity contribution in [2.24, 2.45) is 5.92 Å². The molecule has 0 aliphatic carbocycles. The second-order valence-corrected chi connectivity index (χ2v) is 9.38. The van der Waals surface area contributed by atoms with Crippen LogP contribution in [-0.4, -0.2) is 61.2 Å². The van der Waals surface area contributed by atoms with Gasteiger partial charge >= 0.3 is 0 Å². The van der Waals surface area contributed by atoms with Gasteiger partial charge in [-0.15, -0.1) is 0 Å². The van der Waals surface area contributed by atoms with E-state index >= 15 is 0 Å². The molecule has 0 radical (unpaired) electrons. The number of amides is 1. The van der Waals surface area contributed by atoms with E-state index in [4.69, 9.17) is 0 Å². The average Bonchev–Trinajstić information content (AvgIpc) is 2.59. The van der Waals surface area contributed by atoms with Gasteiger partial charge in [0, 0.05) is 26.2 Å². The van der Waals surface area contributed by atoms with Crippen LogP contribution in [0.15, 0.2) is 35.2 Å². The molecule has 5 nitrogen and oxygen atoms in total. The Hall–Kier alpha value is -1.05. The van der Waals surface area contributed by atoms with Crippen LogP contribution in [0.5, 0.6) is 0 Å². The summed E-state index contributed by atoms with van der Waals surface area (Å²) in [5.41, 5.74) is 0. The largest absolute Gasteiger partial charge is 0.339 e. The molecule has 0 N–H and O–H groups in total. The van der Waals surface area contributed by atoms with Gasteiger partial charge in [-0.1, -0.05) is 32.0 Å². The lowest BCUT2D eigenvalue weighted by Crippen LogP contribution is -2.51. The summed E-state index contributed by atoms with van der Waals surface area (Å²) in [4.78, 5) is 14.3. The summed E-state index contributed by atoms with van der Waals surface area (Å²) < 4.78 is 26.6. The number of rotatable bonds is 7. The minimum Gasteiger partial charge on any atom is -0.339 e. The van der Waals surface area contributed by atoms with Crippen molar-refractivity contribution in [1.29, 1.82) is 0 Å². The molecule has 1 amide bonds. The predicted octanol–water partition coefficient (Wildman–Crippen LogP) is 2.30. The van der Waals surface area contributed by atoms with E-state index in [1.54, 1.807) is 47.0 Å². The predicted molar refractivity (Wildman–Crippen MR) is 98.6 cm³/mol. The Morgan fingerprint density at radius 3 is 2.33 bits per heavy atom. The van der Waals surface area contributed by atoms with Crippen molar-refractivity contribution < 1.29 is 13.2 Å². The van der Waals surface area contributed by atoms with E-state index in [2.05, 4.69) is 13.8 Å². The first-order chi connectivity index (χ1) is 11.4. The summed E-state index contributed by atoms with van der Waals surface area (Å²) in [6, 6.07) is 8.46. The molecule has 1 aromatic rings. The fourth-order valence-corrected chi connectivity index (χ4v) is 5.07. The van der Waals surface area contributed by atoms with Crippen LogP contribution in [0.25, 0.3) is 0 Å². The van der Waals surface area contributed by atoms with Crippen LogP contribution in [0.3, 0.4) is 0 Å². The van der Waals surface area contributed by atoms with Crippen molar-refractivity contribution in [3.63, 3.8) is 0 Å². The first kappa shape index (κ1) is 19.3. The average molecular weight is 371 g/mol. The fraction of sp³-hybridized carbons (Fsp3) is 0.588. The molecule has 134 valence electrons. The zero-order valence-electron chi connectivity index (χ0n) is 14.3. The number of nitrogens with zero attached hydrogens (tertiary/aromatic N) is 2. The highest BCUT2D eigenvalue weighted by molar-refractivity contribution is 7.99. The molecule has 1 heterocycles. The zero-order valence-corrected chi connectivity index (χ0v) is 16.0. The Kier molecular flexibility index (Phi) is 7.13. The first-order valence-corrected chi connectivity index (χ1v) is 10.9. The minimum atomic E-state index is -3.45. The maximum absolute atomic E-state index is 12.6. The van der Waals surface area contributed by atoms with Crippen molar-refractivity contribution in [1.82, 2.24) is 9.21 Å². The number of thioether (sulfide) groups is 1. The molecule has 1 saturated heterocycles. The van der Waals surface area contributed by atoms with E-state index in [-0.39, 0.29) is 5.91 Å². The van der Waals surface area contributed by atoms with E-state index in [0.717, 1.165) is 12.2 Å². The van der Waals surface area contributed by atoms with Crippen LogP contribution in [0.4, 0.5) is 0 Å². The molecule has 0 spiro atoms. The van der Waals surface area contributed by atoms with Gasteiger partial charge in [-0.3, -0.25) is 4.79 Å². The quantitative estimate of drug-likeness (QED) is 0.691. The molecule has 1 aliphatic rings. The lowest BCUT2D eigenvalue weighted by molar-refractivity contribution is -0.129. The summed E-state index contributed by atoms with van der Waals surface area (Å²) in [5, 5.41) is 0. The summed E-state index contributed by atoms with van der Waals surface area (Å²) in [6.45, 7) is 6.01. The van der Waals surface area contributed by atoms with Gasteiger partial charge in [-0.25, -0.2) is 8.42 Å². The number of sulfonamides is 1. The molecule has 24 heavy (non-hydrogen) atoms. The van der Waals surface area contributed by atoms with Crippen molar-refractivity contribution in [3.8, 4) is 0 Å². The first-order valence-electron chi connectivity index (χ1n) is 8.32. The number of hydrogen-bond donors (Lipinski definition) is 0. The monoisotopic (exact) mass is 370 g/mol. The van der Waals surface area contributed by atoms with Crippen LogP contribution >= 0.6 is 11.8 Å². The van der Waals surface area contributed by atoms with Crippen LogP contribution in [0.1, 0.15) is 20.3 Å². The zero-order chi connectivity index (χ0) is 17.6. The third kappa shape index (κ3) is 5.22. The second kappa shape index (κ2) is 8.87. The summed E-state index contributed by atoms with van der Waals surface area (Å²) in [6.07, 6.45) is 1.11. The molecule has 1 fully saturated rings. The molecule has 0 saturated carbocycles. The lowest BCUT2D eigenvalue weighted by atomic mass is 10.2. The van der Waals surface area contributed by atoms with E-state index in [9.17, 15) is 13.2 Å². The summed E-state index contributed by atoms with van der Waals surface area (Å²) in [5.74, 6) is 2.24. The number of carbonyl (C=O) groups is 1. The molecule has 0 unspecified atom stereocenters. The van der Waals surface area contributed by atoms with Crippen LogP contribution in [-0.2, 0) is 14.8 Å². The van der Waals surface area contributed by atoms with E-state index in [0.29, 0.717) is 42.7 Å². The summed E-state index contributed by atoms with van der Waals surface area (Å²) >= 11 is 1.66. The van der Waals surface area contributed by atoms with Gasteiger partial charge in [-0.2, -0.15) is 16.1 Å². The SMILES string of the molecule is CC(C)CCSCC(=O)N1CCN(S(=O)(=O)c2ccccc2)CC1. The number of benzene rings is 1. The Morgan fingerprint density at radius 2 is 1.75 bits per heavy atom. The number of carbonyl (C=O) groups excluding carboxylic acids is 1. The molecule has 1 aliphatic heterocycles. The maximum atomic E-state index is 12.6. The number of hydrogen-bond acceptors (Lipinski definition) is 4. The van der Waals surface area contributed by atoms with E-state index in [1.165, 1.54) is 4.31 Å². The third-order valence-electron chi connectivity index (χ3n) is 4.04. The Balaban J connectivity index is 1.82. The van der Waals surface area contributed by atoms with E-state index < -0.39 is 10.0 Å². The molecular weight excluding hydrogens is 344 g/mol. The highest BCUT2D eigenvalue weighted by Gasteiger charge is 2.29. The van der Waals surface area contributed by atoms with Crippen molar-refractivity contribution in [2.45, 2.75) is 25.2 Å². The minimum absolute atomic E-state index is 0.112. The highest BCUT2D eigenvalue weighted by Crippen LogP contribution is 2.18. The molecule has 2 rings (SSSR count). The number of piperazine rings is 1. The van der Waals surface area contributed by atoms with Crippen LogP contribution < -0.4 is 0 Å². The molecular formula is C17H26N2O3S2. The topological polar surface area (TPSA) is 57.7 Å². The molecule has 0 bridgehead atoms. The van der Waals surface area contributed by atoms with Crippen molar-refractivity contribution >= 4 is 27.7 Å². The van der Waals surface area contributed by atoms with Crippen molar-refractivity contribution in [2.75, 3.05) is 37.7 Å². The van der Waals surface area contributed by atoms with Crippen molar-refractivity contribution in [3.05, 3.63) is 30.3 Å². The van der Waals surface area contributed by atoms with Crippen LogP contribution in [0, 0.1) is 5.92 Å². The molecule has 0 atom stereocenters. The second-order valence-electron chi connectivity index (χ2n) is 6.33. The molecule has 7 heteroatoms. The summed E-state index contributed by atoms with van der Waals surface area (Å²) in [7, 11) is -3.45. The van der Waals surface area contributed by atoms with Gasteiger partial charge in [-0.05, 0) is 30.2 Å². The normalized spacial score (nSPS) is 16.5. The van der Waals surface area contributed by atoms with Gasteiger partial charge in [0.2, 0.25) is 15.9 Å². The van der Waals surface area contributed by atoms with Gasteiger partial charge in [0.05, 0.1) is 10.6 Å². The standard InChI is InChI=1S/C17H26N2O3S2/c1-15(2)8-13-23-14-17(20)18-9-11-19(12-10-18)24(21,22)16-6-4-3-5-7-16/h3-7,15H,8-14H2,1-2H3. The highest BCUT2D eigenvalue weighted by atomic mass is 32.2. The molecule has 1 aromatic carbocycles. The van der Waals surface area contributed by atoms with Gasteiger partial charge in [0.25, 0.3) is 0 Å². The Morgan fingerprint density at radius 1 is 1.12 bits per heavy atom. The lowest BCUT2D eigenvalue weighted by Gasteiger charge is -2.34. The maximum Gasteiger partial charge on any atom is 0.243 e. The van der Waals surface area contributed by atoms with Gasteiger partial charge in [0.1, 0.15) is 0 Å². The fourth-order valence-electron chi connectivity index (χ4n) is 2.49. The Bertz CT molecular complexity index is 624. The smallest absolute Gasteiger partial charge is 0.243 e. The third-order valence-corrected chi connectivity index (χ3v) is 6.93. The van der Waals surface area contributed by atoms with E-state index in [1.807, 2.05) is 0 Å². The Labute approximate surface area is 149 Å². The van der Waals surface area contributed by atoms with Gasteiger partial charge < -0.3 is 4.90 Å². The molecule has 0 aromatic heterocycles.